The van der Waals surface area contributed by atoms with Gasteiger partial charge in [-0.15, -0.1) is 11.8 Å². The van der Waals surface area contributed by atoms with Gasteiger partial charge < -0.3 is 5.73 Å². The highest BCUT2D eigenvalue weighted by Gasteiger charge is 2.39. The Hall–Kier alpha value is -0.550. The van der Waals surface area contributed by atoms with Crippen molar-refractivity contribution in [3.05, 3.63) is 0 Å². The van der Waals surface area contributed by atoms with Gasteiger partial charge in [0.05, 0.1) is 5.25 Å². The molecule has 0 bridgehead atoms. The Bertz CT molecular complexity index is 266. The minimum absolute atomic E-state index is 0.0362. The third-order valence-electron chi connectivity index (χ3n) is 2.22. The van der Waals surface area contributed by atoms with Crippen LogP contribution < -0.4 is 5.73 Å². The van der Waals surface area contributed by atoms with E-state index in [1.54, 1.807) is 0 Å². The Morgan fingerprint density at radius 1 is 1.47 bits per heavy atom. The second-order valence-corrected chi connectivity index (χ2v) is 5.43. The molecule has 2 amide bonds. The van der Waals surface area contributed by atoms with Crippen LogP contribution in [0, 0.1) is 0 Å². The summed E-state index contributed by atoms with van der Waals surface area (Å²) in [5.41, 5.74) is 5.61. The SMILES string of the molecule is CC(N)CSC1CC(=O)N(C(C)C)C1=O. The first-order valence-corrected chi connectivity index (χ1v) is 6.21. The average Bonchev–Trinajstić information content (AvgIpc) is 2.37. The predicted octanol–water partition coefficient (Wildman–Crippen LogP) is 0.603. The average molecular weight is 230 g/mol. The molecule has 0 aromatic rings. The fourth-order valence-corrected chi connectivity index (χ4v) is 2.62. The zero-order chi connectivity index (χ0) is 11.6. The third kappa shape index (κ3) is 2.95. The fourth-order valence-electron chi connectivity index (χ4n) is 1.56. The number of thioether (sulfide) groups is 1. The minimum Gasteiger partial charge on any atom is -0.327 e. The lowest BCUT2D eigenvalue weighted by atomic mass is 10.3. The summed E-state index contributed by atoms with van der Waals surface area (Å²) in [5, 5.41) is -0.217. The third-order valence-corrected chi connectivity index (χ3v) is 3.71. The van der Waals surface area contributed by atoms with Crippen molar-refractivity contribution in [1.29, 1.82) is 0 Å². The molecule has 0 spiro atoms. The van der Waals surface area contributed by atoms with Gasteiger partial charge in [0.2, 0.25) is 11.8 Å². The van der Waals surface area contributed by atoms with Gasteiger partial charge >= 0.3 is 0 Å². The summed E-state index contributed by atoms with van der Waals surface area (Å²) in [5.74, 6) is 0.605. The molecule has 0 aromatic carbocycles. The molecule has 0 radical (unpaired) electrons. The summed E-state index contributed by atoms with van der Waals surface area (Å²) < 4.78 is 0. The summed E-state index contributed by atoms with van der Waals surface area (Å²) in [6.45, 7) is 5.61. The molecule has 5 heteroatoms. The first-order valence-electron chi connectivity index (χ1n) is 5.16. The maximum Gasteiger partial charge on any atom is 0.243 e. The molecule has 2 N–H and O–H groups in total. The van der Waals surface area contributed by atoms with Crippen LogP contribution in [0.5, 0.6) is 0 Å². The molecule has 2 atom stereocenters. The Morgan fingerprint density at radius 2 is 2.07 bits per heavy atom. The summed E-state index contributed by atoms with van der Waals surface area (Å²) in [6, 6.07) is 0.0249. The van der Waals surface area contributed by atoms with Crippen molar-refractivity contribution in [3.63, 3.8) is 0 Å². The maximum atomic E-state index is 11.8. The lowest BCUT2D eigenvalue weighted by Crippen LogP contribution is -2.37. The molecule has 0 saturated carbocycles. The molecule has 0 aromatic heterocycles. The van der Waals surface area contributed by atoms with Crippen molar-refractivity contribution in [2.45, 2.75) is 44.5 Å². The Morgan fingerprint density at radius 3 is 2.47 bits per heavy atom. The smallest absolute Gasteiger partial charge is 0.243 e. The van der Waals surface area contributed by atoms with Crippen LogP contribution in [-0.4, -0.2) is 39.8 Å². The molecular weight excluding hydrogens is 212 g/mol. The van der Waals surface area contributed by atoms with E-state index in [4.69, 9.17) is 5.73 Å². The van der Waals surface area contributed by atoms with Gasteiger partial charge in [-0.3, -0.25) is 14.5 Å². The first-order chi connectivity index (χ1) is 6.93. The Kier molecular flexibility index (Phi) is 4.16. The van der Waals surface area contributed by atoms with E-state index in [0.29, 0.717) is 6.42 Å². The van der Waals surface area contributed by atoms with Crippen LogP contribution in [0.2, 0.25) is 0 Å². The van der Waals surface area contributed by atoms with E-state index < -0.39 is 0 Å². The number of rotatable bonds is 4. The quantitative estimate of drug-likeness (QED) is 0.718. The Labute approximate surface area is 94.6 Å². The van der Waals surface area contributed by atoms with Crippen molar-refractivity contribution in [2.24, 2.45) is 5.73 Å². The van der Waals surface area contributed by atoms with Crippen LogP contribution >= 0.6 is 11.8 Å². The number of carbonyl (C=O) groups is 2. The highest BCUT2D eigenvalue weighted by Crippen LogP contribution is 2.26. The number of hydrogen-bond donors (Lipinski definition) is 1. The predicted molar refractivity (Wildman–Crippen MR) is 61.5 cm³/mol. The van der Waals surface area contributed by atoms with Gasteiger partial charge in [0.25, 0.3) is 0 Å². The molecule has 4 nitrogen and oxygen atoms in total. The zero-order valence-corrected chi connectivity index (χ0v) is 10.2. The first kappa shape index (κ1) is 12.5. The number of imide groups is 1. The molecule has 15 heavy (non-hydrogen) atoms. The molecule has 1 rings (SSSR count). The lowest BCUT2D eigenvalue weighted by molar-refractivity contribution is -0.140. The second-order valence-electron chi connectivity index (χ2n) is 4.20. The number of likely N-dealkylation sites (tertiary alicyclic amines) is 1. The van der Waals surface area contributed by atoms with Gasteiger partial charge in [0, 0.05) is 24.3 Å². The summed E-state index contributed by atoms with van der Waals surface area (Å²) in [7, 11) is 0. The largest absolute Gasteiger partial charge is 0.327 e. The lowest BCUT2D eigenvalue weighted by Gasteiger charge is -2.18. The number of hydrogen-bond acceptors (Lipinski definition) is 4. The van der Waals surface area contributed by atoms with Crippen molar-refractivity contribution in [3.8, 4) is 0 Å². The maximum absolute atomic E-state index is 11.8. The molecule has 2 unspecified atom stereocenters. The fraction of sp³-hybridized carbons (Fsp3) is 0.800. The van der Waals surface area contributed by atoms with E-state index in [2.05, 4.69) is 0 Å². The van der Waals surface area contributed by atoms with Gasteiger partial charge in [0.1, 0.15) is 0 Å². The molecular formula is C10H18N2O2S. The van der Waals surface area contributed by atoms with E-state index in [1.807, 2.05) is 20.8 Å². The van der Waals surface area contributed by atoms with Crippen molar-refractivity contribution in [2.75, 3.05) is 5.75 Å². The number of nitrogens with two attached hydrogens (primary N) is 1. The van der Waals surface area contributed by atoms with Crippen LogP contribution in [0.1, 0.15) is 27.2 Å². The monoisotopic (exact) mass is 230 g/mol. The van der Waals surface area contributed by atoms with Crippen LogP contribution in [0.3, 0.4) is 0 Å². The molecule has 1 aliphatic rings. The van der Waals surface area contributed by atoms with Crippen LogP contribution in [0.4, 0.5) is 0 Å². The van der Waals surface area contributed by atoms with Gasteiger partial charge in [-0.1, -0.05) is 0 Å². The number of amides is 2. The van der Waals surface area contributed by atoms with Crippen LogP contribution in [-0.2, 0) is 9.59 Å². The van der Waals surface area contributed by atoms with E-state index in [1.165, 1.54) is 16.7 Å². The van der Waals surface area contributed by atoms with Crippen LogP contribution in [0.15, 0.2) is 0 Å². The van der Waals surface area contributed by atoms with E-state index in [-0.39, 0.29) is 29.1 Å². The van der Waals surface area contributed by atoms with Crippen molar-refractivity contribution >= 4 is 23.6 Å². The molecule has 86 valence electrons. The van der Waals surface area contributed by atoms with E-state index in [0.717, 1.165) is 5.75 Å². The van der Waals surface area contributed by atoms with Crippen LogP contribution in [0.25, 0.3) is 0 Å². The van der Waals surface area contributed by atoms with Gasteiger partial charge in [-0.25, -0.2) is 0 Å². The Balaban J connectivity index is 2.57. The second kappa shape index (κ2) is 4.99. The molecule has 1 fully saturated rings. The number of nitrogens with zero attached hydrogens (tertiary/aromatic N) is 1. The van der Waals surface area contributed by atoms with Gasteiger partial charge in [-0.05, 0) is 20.8 Å². The van der Waals surface area contributed by atoms with Crippen molar-refractivity contribution in [1.82, 2.24) is 4.90 Å². The standard InChI is InChI=1S/C10H18N2O2S/c1-6(2)12-9(13)4-8(10(12)14)15-5-7(3)11/h6-8H,4-5,11H2,1-3H3. The number of carbonyl (C=O) groups excluding carboxylic acids is 2. The summed E-state index contributed by atoms with van der Waals surface area (Å²) >= 11 is 1.49. The highest BCUT2D eigenvalue weighted by atomic mass is 32.2. The van der Waals surface area contributed by atoms with Gasteiger partial charge in [-0.2, -0.15) is 0 Å². The molecule has 1 heterocycles. The summed E-state index contributed by atoms with van der Waals surface area (Å²) in [6.07, 6.45) is 0.328. The van der Waals surface area contributed by atoms with Gasteiger partial charge in [0.15, 0.2) is 0 Å². The summed E-state index contributed by atoms with van der Waals surface area (Å²) in [4.78, 5) is 24.7. The van der Waals surface area contributed by atoms with E-state index in [9.17, 15) is 9.59 Å². The van der Waals surface area contributed by atoms with Crippen molar-refractivity contribution < 1.29 is 9.59 Å². The molecule has 0 aliphatic carbocycles. The molecule has 1 aliphatic heterocycles. The zero-order valence-electron chi connectivity index (χ0n) is 9.40. The minimum atomic E-state index is -0.217. The normalized spacial score (nSPS) is 24.1. The topological polar surface area (TPSA) is 63.4 Å². The van der Waals surface area contributed by atoms with E-state index >= 15 is 0 Å². The highest BCUT2D eigenvalue weighted by molar-refractivity contribution is 8.00. The molecule has 1 saturated heterocycles.